The molecule has 0 radical (unpaired) electrons. The van der Waals surface area contributed by atoms with E-state index in [2.05, 4.69) is 4.74 Å². The zero-order valence-corrected chi connectivity index (χ0v) is 10.1. The lowest BCUT2D eigenvalue weighted by Gasteiger charge is -2.04. The van der Waals surface area contributed by atoms with E-state index in [-0.39, 0.29) is 10.6 Å². The van der Waals surface area contributed by atoms with Crippen LogP contribution in [0.1, 0.15) is 0 Å². The van der Waals surface area contributed by atoms with Crippen molar-refractivity contribution in [2.75, 3.05) is 18.6 Å². The van der Waals surface area contributed by atoms with E-state index in [1.54, 1.807) is 0 Å². The van der Waals surface area contributed by atoms with Crippen molar-refractivity contribution >= 4 is 27.2 Å². The maximum absolute atomic E-state index is 11.7. The molecule has 0 fully saturated rings. The van der Waals surface area contributed by atoms with E-state index in [0.29, 0.717) is 0 Å². The lowest BCUT2D eigenvalue weighted by molar-refractivity contribution is -0.383. The fourth-order valence-electron chi connectivity index (χ4n) is 1.19. The van der Waals surface area contributed by atoms with Crippen LogP contribution >= 0.6 is 0 Å². The van der Waals surface area contributed by atoms with Crippen LogP contribution in [0, 0.1) is 10.1 Å². The number of nitro benzene ring substituents is 1. The number of nitrogen functional groups attached to an aromatic ring is 1. The molecule has 0 atom stereocenters. The summed E-state index contributed by atoms with van der Waals surface area (Å²) in [7, 11) is -2.86. The van der Waals surface area contributed by atoms with Gasteiger partial charge >= 0.3 is 5.97 Å². The number of sulfone groups is 1. The number of benzene rings is 1. The molecule has 2 N–H and O–H groups in total. The van der Waals surface area contributed by atoms with Crippen LogP contribution in [0.3, 0.4) is 0 Å². The van der Waals surface area contributed by atoms with E-state index in [1.165, 1.54) is 0 Å². The van der Waals surface area contributed by atoms with Crippen molar-refractivity contribution in [1.82, 2.24) is 0 Å². The van der Waals surface area contributed by atoms with E-state index in [1.807, 2.05) is 0 Å². The van der Waals surface area contributed by atoms with Crippen molar-refractivity contribution < 1.29 is 22.9 Å². The van der Waals surface area contributed by atoms with Crippen LogP contribution < -0.4 is 5.73 Å². The molecule has 0 saturated heterocycles. The quantitative estimate of drug-likeness (QED) is 0.357. The number of esters is 1. The standard InChI is InChI=1S/C9H10N2O6S/c1-17-9(12)5-18(15,16)6-2-3-8(11(13)14)7(10)4-6/h2-4H,5,10H2,1H3. The Kier molecular flexibility index (Phi) is 3.86. The Labute approximate surface area is 102 Å². The van der Waals surface area contributed by atoms with Gasteiger partial charge in [0.25, 0.3) is 5.69 Å². The van der Waals surface area contributed by atoms with Gasteiger partial charge in [0.15, 0.2) is 15.6 Å². The summed E-state index contributed by atoms with van der Waals surface area (Å²) >= 11 is 0. The summed E-state index contributed by atoms with van der Waals surface area (Å²) in [6.07, 6.45) is 0. The number of rotatable bonds is 4. The van der Waals surface area contributed by atoms with Gasteiger partial charge < -0.3 is 10.5 Å². The predicted molar refractivity (Wildman–Crippen MR) is 61.6 cm³/mol. The zero-order valence-electron chi connectivity index (χ0n) is 9.32. The van der Waals surface area contributed by atoms with Crippen LogP contribution in [-0.2, 0) is 19.4 Å². The van der Waals surface area contributed by atoms with E-state index in [0.717, 1.165) is 25.3 Å². The third kappa shape index (κ3) is 2.94. The van der Waals surface area contributed by atoms with Gasteiger partial charge in [-0.3, -0.25) is 14.9 Å². The maximum Gasteiger partial charge on any atom is 0.321 e. The number of methoxy groups -OCH3 is 1. The van der Waals surface area contributed by atoms with Gasteiger partial charge in [0.1, 0.15) is 5.69 Å². The molecule has 18 heavy (non-hydrogen) atoms. The van der Waals surface area contributed by atoms with Crippen LogP contribution in [-0.4, -0.2) is 32.2 Å². The molecule has 0 aliphatic heterocycles. The molecule has 0 aliphatic rings. The second-order valence-electron chi connectivity index (χ2n) is 3.31. The fourth-order valence-corrected chi connectivity index (χ4v) is 2.37. The smallest absolute Gasteiger partial charge is 0.321 e. The monoisotopic (exact) mass is 274 g/mol. The summed E-state index contributed by atoms with van der Waals surface area (Å²) in [4.78, 5) is 20.4. The highest BCUT2D eigenvalue weighted by Crippen LogP contribution is 2.24. The summed E-state index contributed by atoms with van der Waals surface area (Å²) in [5.74, 6) is -1.77. The summed E-state index contributed by atoms with van der Waals surface area (Å²) < 4.78 is 27.7. The van der Waals surface area contributed by atoms with Gasteiger partial charge in [0.05, 0.1) is 16.9 Å². The SMILES string of the molecule is COC(=O)CS(=O)(=O)c1ccc([N+](=O)[O-])c(N)c1. The van der Waals surface area contributed by atoms with Gasteiger partial charge in [-0.2, -0.15) is 0 Å². The molecule has 0 aromatic heterocycles. The number of hydrogen-bond donors (Lipinski definition) is 1. The van der Waals surface area contributed by atoms with Crippen molar-refractivity contribution in [3.05, 3.63) is 28.3 Å². The number of hydrogen-bond acceptors (Lipinski definition) is 7. The zero-order chi connectivity index (χ0) is 13.9. The second-order valence-corrected chi connectivity index (χ2v) is 5.30. The number of anilines is 1. The summed E-state index contributed by atoms with van der Waals surface area (Å²) in [5, 5.41) is 10.5. The van der Waals surface area contributed by atoms with E-state index in [4.69, 9.17) is 5.73 Å². The first-order valence-electron chi connectivity index (χ1n) is 4.61. The van der Waals surface area contributed by atoms with Gasteiger partial charge in [-0.25, -0.2) is 8.42 Å². The van der Waals surface area contributed by atoms with Gasteiger partial charge in [-0.1, -0.05) is 0 Å². The third-order valence-electron chi connectivity index (χ3n) is 2.09. The van der Waals surface area contributed by atoms with E-state index in [9.17, 15) is 23.3 Å². The molecule has 98 valence electrons. The first-order valence-corrected chi connectivity index (χ1v) is 6.26. The van der Waals surface area contributed by atoms with Gasteiger partial charge in [-0.05, 0) is 12.1 Å². The second kappa shape index (κ2) is 5.00. The number of carbonyl (C=O) groups excluding carboxylic acids is 1. The normalized spacial score (nSPS) is 10.9. The molecule has 1 rings (SSSR count). The van der Waals surface area contributed by atoms with Crippen molar-refractivity contribution in [1.29, 1.82) is 0 Å². The molecule has 9 heteroatoms. The third-order valence-corrected chi connectivity index (χ3v) is 3.68. The first kappa shape index (κ1) is 13.9. The molecule has 8 nitrogen and oxygen atoms in total. The highest BCUT2D eigenvalue weighted by molar-refractivity contribution is 7.92. The Bertz CT molecular complexity index is 595. The van der Waals surface area contributed by atoms with Crippen molar-refractivity contribution in [3.63, 3.8) is 0 Å². The minimum Gasteiger partial charge on any atom is -0.468 e. The molecule has 1 aromatic carbocycles. The van der Waals surface area contributed by atoms with Gasteiger partial charge in [0, 0.05) is 6.07 Å². The Balaban J connectivity index is 3.15. The minimum atomic E-state index is -3.91. The fraction of sp³-hybridized carbons (Fsp3) is 0.222. The summed E-state index contributed by atoms with van der Waals surface area (Å²) in [6.45, 7) is 0. The Morgan fingerprint density at radius 2 is 2.11 bits per heavy atom. The van der Waals surface area contributed by atoms with Crippen LogP contribution in [0.5, 0.6) is 0 Å². The molecule has 0 bridgehead atoms. The topological polar surface area (TPSA) is 130 Å². The predicted octanol–water partition coefficient (Wildman–Crippen LogP) is 0.124. The average molecular weight is 274 g/mol. The lowest BCUT2D eigenvalue weighted by Crippen LogP contribution is -2.17. The average Bonchev–Trinajstić information content (AvgIpc) is 2.27. The molecular weight excluding hydrogens is 264 g/mol. The van der Waals surface area contributed by atoms with Crippen LogP contribution in [0.25, 0.3) is 0 Å². The van der Waals surface area contributed by atoms with Crippen molar-refractivity contribution in [2.45, 2.75) is 4.90 Å². The molecular formula is C9H10N2O6S. The minimum absolute atomic E-state index is 0.268. The Hall–Kier alpha value is -2.16. The highest BCUT2D eigenvalue weighted by Gasteiger charge is 2.22. The molecule has 0 spiro atoms. The Morgan fingerprint density at radius 1 is 1.50 bits per heavy atom. The molecule has 1 aromatic rings. The lowest BCUT2D eigenvalue weighted by atomic mass is 10.3. The summed E-state index contributed by atoms with van der Waals surface area (Å²) in [6, 6.07) is 2.93. The molecule has 0 aliphatic carbocycles. The maximum atomic E-state index is 11.7. The van der Waals surface area contributed by atoms with Crippen LogP contribution in [0.15, 0.2) is 23.1 Å². The van der Waals surface area contributed by atoms with E-state index >= 15 is 0 Å². The molecule has 0 saturated carbocycles. The number of nitrogens with zero attached hydrogens (tertiary/aromatic N) is 1. The van der Waals surface area contributed by atoms with Gasteiger partial charge in [-0.15, -0.1) is 0 Å². The highest BCUT2D eigenvalue weighted by atomic mass is 32.2. The number of ether oxygens (including phenoxy) is 1. The number of carbonyl (C=O) groups is 1. The van der Waals surface area contributed by atoms with Crippen molar-refractivity contribution in [2.24, 2.45) is 0 Å². The van der Waals surface area contributed by atoms with Crippen LogP contribution in [0.4, 0.5) is 11.4 Å². The van der Waals surface area contributed by atoms with Crippen molar-refractivity contribution in [3.8, 4) is 0 Å². The number of nitrogens with two attached hydrogens (primary N) is 1. The molecule has 0 amide bonds. The summed E-state index contributed by atoms with van der Waals surface area (Å²) in [5.41, 5.74) is 4.68. The van der Waals surface area contributed by atoms with E-state index < -0.39 is 32.2 Å². The molecule has 0 heterocycles. The van der Waals surface area contributed by atoms with Gasteiger partial charge in [0.2, 0.25) is 0 Å². The molecule has 0 unspecified atom stereocenters. The number of nitro groups is 1. The first-order chi connectivity index (χ1) is 8.27. The Morgan fingerprint density at radius 3 is 2.56 bits per heavy atom. The van der Waals surface area contributed by atoms with Crippen LogP contribution in [0.2, 0.25) is 0 Å². The largest absolute Gasteiger partial charge is 0.468 e.